The molecule has 28 heavy (non-hydrogen) atoms. The molecule has 1 N–H and O–H groups in total. The summed E-state index contributed by atoms with van der Waals surface area (Å²) in [6, 6.07) is 14.5. The summed E-state index contributed by atoms with van der Waals surface area (Å²) >= 11 is 3.09. The lowest BCUT2D eigenvalue weighted by molar-refractivity contribution is -0.119. The number of benzene rings is 1. The average molecular weight is 442 g/mol. The minimum atomic E-state index is -0.757. The van der Waals surface area contributed by atoms with E-state index in [1.807, 2.05) is 44.2 Å². The van der Waals surface area contributed by atoms with Crippen LogP contribution in [0.1, 0.15) is 27.4 Å². The summed E-state index contributed by atoms with van der Waals surface area (Å²) in [6.07, 6.45) is 0. The number of para-hydroxylation sites is 1. The van der Waals surface area contributed by atoms with Crippen LogP contribution in [0.2, 0.25) is 0 Å². The first-order chi connectivity index (χ1) is 13.4. The van der Waals surface area contributed by atoms with Crippen LogP contribution >= 0.6 is 15.9 Å². The number of amides is 1. The van der Waals surface area contributed by atoms with E-state index in [0.717, 1.165) is 16.9 Å². The van der Waals surface area contributed by atoms with Crippen molar-refractivity contribution in [3.8, 4) is 11.8 Å². The van der Waals surface area contributed by atoms with Crippen molar-refractivity contribution in [2.24, 2.45) is 0 Å². The van der Waals surface area contributed by atoms with E-state index in [-0.39, 0.29) is 5.76 Å². The summed E-state index contributed by atoms with van der Waals surface area (Å²) < 4.78 is 12.2. The van der Waals surface area contributed by atoms with Crippen molar-refractivity contribution in [2.45, 2.75) is 13.8 Å². The van der Waals surface area contributed by atoms with Gasteiger partial charge in [-0.1, -0.05) is 18.2 Å². The smallest absolute Gasteiger partial charge is 0.374 e. The molecule has 3 aromatic rings. The average Bonchev–Trinajstić information content (AvgIpc) is 3.22. The number of hydrogen-bond acceptors (Lipinski definition) is 5. The first kappa shape index (κ1) is 19.5. The first-order valence-electron chi connectivity index (χ1n) is 8.32. The number of carbonyl (C=O) groups is 2. The highest BCUT2D eigenvalue weighted by molar-refractivity contribution is 9.10. The normalized spacial score (nSPS) is 10.4. The van der Waals surface area contributed by atoms with Crippen molar-refractivity contribution >= 4 is 33.6 Å². The Labute approximate surface area is 169 Å². The van der Waals surface area contributed by atoms with Crippen LogP contribution in [0.4, 0.5) is 5.82 Å². The molecule has 0 atom stereocenters. The molecule has 0 fully saturated rings. The molecule has 142 valence electrons. The van der Waals surface area contributed by atoms with Crippen LogP contribution in [-0.4, -0.2) is 23.1 Å². The van der Waals surface area contributed by atoms with Gasteiger partial charge in [-0.25, -0.2) is 4.79 Å². The lowest BCUT2D eigenvalue weighted by Gasteiger charge is -2.13. The molecular weight excluding hydrogens is 426 g/mol. The van der Waals surface area contributed by atoms with Crippen LogP contribution in [0.15, 0.2) is 51.6 Å². The Morgan fingerprint density at radius 2 is 1.93 bits per heavy atom. The molecule has 2 aromatic heterocycles. The number of nitrogens with one attached hydrogen (secondary N) is 1. The minimum Gasteiger partial charge on any atom is -0.450 e. The van der Waals surface area contributed by atoms with Crippen LogP contribution in [0.5, 0.6) is 0 Å². The molecule has 2 heterocycles. The maximum absolute atomic E-state index is 12.4. The van der Waals surface area contributed by atoms with Crippen molar-refractivity contribution in [1.29, 1.82) is 5.26 Å². The number of halogens is 1. The summed E-state index contributed by atoms with van der Waals surface area (Å²) in [5, 5.41) is 12.2. The fourth-order valence-electron chi connectivity index (χ4n) is 2.76. The zero-order valence-corrected chi connectivity index (χ0v) is 16.7. The van der Waals surface area contributed by atoms with Crippen molar-refractivity contribution in [1.82, 2.24) is 4.57 Å². The number of carbonyl (C=O) groups excluding carboxylic acids is 2. The second kappa shape index (κ2) is 8.15. The molecule has 0 unspecified atom stereocenters. The van der Waals surface area contributed by atoms with E-state index in [2.05, 4.69) is 27.3 Å². The number of hydrogen-bond donors (Lipinski definition) is 1. The molecule has 0 saturated carbocycles. The number of ether oxygens (including phenoxy) is 1. The number of rotatable bonds is 5. The molecule has 3 rings (SSSR count). The van der Waals surface area contributed by atoms with Gasteiger partial charge in [-0.3, -0.25) is 9.36 Å². The predicted molar refractivity (Wildman–Crippen MR) is 105 cm³/mol. The third kappa shape index (κ3) is 3.85. The second-order valence-corrected chi connectivity index (χ2v) is 6.73. The van der Waals surface area contributed by atoms with Gasteiger partial charge in [-0.05, 0) is 59.6 Å². The molecule has 0 aliphatic rings. The van der Waals surface area contributed by atoms with Gasteiger partial charge in [-0.15, -0.1) is 0 Å². The van der Waals surface area contributed by atoms with Crippen LogP contribution < -0.4 is 5.32 Å². The summed E-state index contributed by atoms with van der Waals surface area (Å²) in [5.41, 5.74) is 2.75. The maximum Gasteiger partial charge on any atom is 0.374 e. The molecule has 0 spiro atoms. The Morgan fingerprint density at radius 1 is 1.21 bits per heavy atom. The number of esters is 1. The van der Waals surface area contributed by atoms with E-state index in [4.69, 9.17) is 9.15 Å². The number of aromatic nitrogens is 1. The maximum atomic E-state index is 12.4. The highest BCUT2D eigenvalue weighted by atomic mass is 79.9. The standard InChI is InChI=1S/C20H16BrN3O4/c1-12-13(2)24(14-6-4-3-5-7-14)19(15(12)10-22)23-18(25)11-27-20(26)16-8-9-17(21)28-16/h3-9H,11H2,1-2H3,(H,23,25). The van der Waals surface area contributed by atoms with Crippen LogP contribution in [-0.2, 0) is 9.53 Å². The van der Waals surface area contributed by atoms with E-state index in [9.17, 15) is 14.9 Å². The largest absolute Gasteiger partial charge is 0.450 e. The van der Waals surface area contributed by atoms with Gasteiger partial charge in [0.15, 0.2) is 11.3 Å². The highest BCUT2D eigenvalue weighted by Crippen LogP contribution is 2.29. The van der Waals surface area contributed by atoms with Crippen molar-refractivity contribution in [3.63, 3.8) is 0 Å². The van der Waals surface area contributed by atoms with Crippen LogP contribution in [0, 0.1) is 25.2 Å². The van der Waals surface area contributed by atoms with Gasteiger partial charge >= 0.3 is 5.97 Å². The molecule has 0 saturated heterocycles. The van der Waals surface area contributed by atoms with Gasteiger partial charge < -0.3 is 14.5 Å². The lowest BCUT2D eigenvalue weighted by atomic mass is 10.2. The van der Waals surface area contributed by atoms with Crippen LogP contribution in [0.3, 0.4) is 0 Å². The molecule has 8 heteroatoms. The second-order valence-electron chi connectivity index (χ2n) is 5.94. The fraction of sp³-hybridized carbons (Fsp3) is 0.150. The van der Waals surface area contributed by atoms with Crippen LogP contribution in [0.25, 0.3) is 5.69 Å². The van der Waals surface area contributed by atoms with Gasteiger partial charge in [0.25, 0.3) is 5.91 Å². The molecular formula is C20H16BrN3O4. The number of nitriles is 1. The quantitative estimate of drug-likeness (QED) is 0.600. The topological polar surface area (TPSA) is 97.3 Å². The molecule has 0 aliphatic carbocycles. The van der Waals surface area contributed by atoms with E-state index in [1.165, 1.54) is 6.07 Å². The Kier molecular flexibility index (Phi) is 5.66. The molecule has 0 radical (unpaired) electrons. The van der Waals surface area contributed by atoms with Gasteiger partial charge in [0, 0.05) is 11.4 Å². The lowest BCUT2D eigenvalue weighted by Crippen LogP contribution is -2.22. The Bertz CT molecular complexity index is 1080. The monoisotopic (exact) mass is 441 g/mol. The molecule has 7 nitrogen and oxygen atoms in total. The molecule has 0 aliphatic heterocycles. The van der Waals surface area contributed by atoms with E-state index in [1.54, 1.807) is 10.6 Å². The predicted octanol–water partition coefficient (Wildman–Crippen LogP) is 4.12. The fourth-order valence-corrected chi connectivity index (χ4v) is 3.06. The summed E-state index contributed by atoms with van der Waals surface area (Å²) in [6.45, 7) is 3.17. The third-order valence-electron chi connectivity index (χ3n) is 4.21. The number of furan rings is 1. The van der Waals surface area contributed by atoms with Crippen molar-refractivity contribution < 1.29 is 18.7 Å². The van der Waals surface area contributed by atoms with Gasteiger partial charge in [0.2, 0.25) is 5.76 Å². The van der Waals surface area contributed by atoms with Gasteiger partial charge in [-0.2, -0.15) is 5.26 Å². The van der Waals surface area contributed by atoms with E-state index in [0.29, 0.717) is 16.1 Å². The van der Waals surface area contributed by atoms with Crippen molar-refractivity contribution in [2.75, 3.05) is 11.9 Å². The molecule has 1 aromatic carbocycles. The van der Waals surface area contributed by atoms with Gasteiger partial charge in [0.1, 0.15) is 11.9 Å². The number of anilines is 1. The first-order valence-corrected chi connectivity index (χ1v) is 9.11. The summed E-state index contributed by atoms with van der Waals surface area (Å²) in [5.74, 6) is -1.00. The Balaban J connectivity index is 1.81. The van der Waals surface area contributed by atoms with Crippen molar-refractivity contribution in [3.05, 3.63) is 69.7 Å². The summed E-state index contributed by atoms with van der Waals surface area (Å²) in [4.78, 5) is 24.3. The molecule has 0 bridgehead atoms. The zero-order valence-electron chi connectivity index (χ0n) is 15.2. The van der Waals surface area contributed by atoms with E-state index >= 15 is 0 Å². The zero-order chi connectivity index (χ0) is 20.3. The van der Waals surface area contributed by atoms with E-state index < -0.39 is 18.5 Å². The SMILES string of the molecule is Cc1c(C#N)c(NC(=O)COC(=O)c2ccc(Br)o2)n(-c2ccccc2)c1C. The Morgan fingerprint density at radius 3 is 2.54 bits per heavy atom. The molecule has 1 amide bonds. The third-order valence-corrected chi connectivity index (χ3v) is 4.63. The Hall–Kier alpha value is -3.31. The highest BCUT2D eigenvalue weighted by Gasteiger charge is 2.21. The number of nitrogens with zero attached hydrogens (tertiary/aromatic N) is 2. The van der Waals surface area contributed by atoms with Gasteiger partial charge in [0.05, 0.1) is 5.56 Å². The summed E-state index contributed by atoms with van der Waals surface area (Å²) in [7, 11) is 0. The minimum absolute atomic E-state index is 0.0169.